The molecule has 1 atom stereocenters. The Bertz CT molecular complexity index is 174. The van der Waals surface area contributed by atoms with Gasteiger partial charge in [-0.15, -0.1) is 0 Å². The van der Waals surface area contributed by atoms with E-state index < -0.39 is 5.72 Å². The first-order valence-corrected chi connectivity index (χ1v) is 3.88. The first-order chi connectivity index (χ1) is 5.08. The van der Waals surface area contributed by atoms with Crippen molar-refractivity contribution in [1.82, 2.24) is 0 Å². The number of hydrogen-bond acceptors (Lipinski definition) is 1. The van der Waals surface area contributed by atoms with E-state index in [-0.39, 0.29) is 0 Å². The quantitative estimate of drug-likeness (QED) is 0.362. The van der Waals surface area contributed by atoms with Crippen LogP contribution in [0.4, 0.5) is 0 Å². The molecule has 1 fully saturated rings. The molecule has 0 radical (unpaired) electrons. The van der Waals surface area contributed by atoms with E-state index in [1.54, 1.807) is 0 Å². The third kappa shape index (κ3) is 1.24. The summed E-state index contributed by atoms with van der Waals surface area (Å²) in [6.45, 7) is 11.7. The molecule has 1 N–H and O–H groups in total. The Balaban J connectivity index is 2.61. The fraction of sp³-hybridized carbons (Fsp3) is 0.556. The van der Waals surface area contributed by atoms with Crippen molar-refractivity contribution in [2.75, 3.05) is 19.6 Å². The number of rotatable bonds is 4. The highest BCUT2D eigenvalue weighted by molar-refractivity contribution is 4.86. The number of aliphatic hydroxyl groups is 1. The summed E-state index contributed by atoms with van der Waals surface area (Å²) in [6.07, 6.45) is 3.70. The highest BCUT2D eigenvalue weighted by atomic mass is 16.3. The van der Waals surface area contributed by atoms with Gasteiger partial charge in [0, 0.05) is 6.92 Å². The second-order valence-electron chi connectivity index (χ2n) is 3.46. The molecule has 0 aromatic heterocycles. The number of quaternary nitrogens is 1. The van der Waals surface area contributed by atoms with E-state index in [1.165, 1.54) is 0 Å². The van der Waals surface area contributed by atoms with Crippen LogP contribution in [0.25, 0.3) is 0 Å². The van der Waals surface area contributed by atoms with Crippen LogP contribution < -0.4 is 0 Å². The van der Waals surface area contributed by atoms with Crippen LogP contribution in [0.5, 0.6) is 0 Å². The maximum absolute atomic E-state index is 9.68. The third-order valence-corrected chi connectivity index (χ3v) is 2.48. The molecule has 0 amide bonds. The van der Waals surface area contributed by atoms with Crippen molar-refractivity contribution in [3.05, 3.63) is 25.3 Å². The minimum atomic E-state index is -0.539. The van der Waals surface area contributed by atoms with Crippen molar-refractivity contribution in [2.24, 2.45) is 0 Å². The van der Waals surface area contributed by atoms with Crippen LogP contribution >= 0.6 is 0 Å². The van der Waals surface area contributed by atoms with Gasteiger partial charge in [-0.25, -0.2) is 0 Å². The lowest BCUT2D eigenvalue weighted by molar-refractivity contribution is -0.833. The van der Waals surface area contributed by atoms with E-state index in [4.69, 9.17) is 0 Å². The first-order valence-electron chi connectivity index (χ1n) is 3.88. The van der Waals surface area contributed by atoms with E-state index in [2.05, 4.69) is 13.2 Å². The van der Waals surface area contributed by atoms with Crippen molar-refractivity contribution in [3.63, 3.8) is 0 Å². The molecule has 0 saturated carbocycles. The SMILES string of the molecule is C=CC[N+]1(CC=C)CC1(C)O. The Kier molecular flexibility index (Phi) is 1.90. The van der Waals surface area contributed by atoms with Crippen LogP contribution in [0.2, 0.25) is 0 Å². The lowest BCUT2D eigenvalue weighted by atomic mass is 10.4. The van der Waals surface area contributed by atoms with Crippen LogP contribution in [0.1, 0.15) is 6.92 Å². The molecule has 2 nitrogen and oxygen atoms in total. The second-order valence-corrected chi connectivity index (χ2v) is 3.46. The standard InChI is InChI=1S/C9H16NO/c1-4-6-10(7-5-2)8-9(10,3)11/h4-5,11H,1-2,6-8H2,3H3/q+1. The maximum atomic E-state index is 9.68. The van der Waals surface area contributed by atoms with E-state index in [9.17, 15) is 5.11 Å². The van der Waals surface area contributed by atoms with Crippen LogP contribution in [-0.4, -0.2) is 34.9 Å². The predicted molar refractivity (Wildman–Crippen MR) is 45.9 cm³/mol. The zero-order valence-electron chi connectivity index (χ0n) is 7.08. The summed E-state index contributed by atoms with van der Waals surface area (Å²) in [6, 6.07) is 0. The smallest absolute Gasteiger partial charge is 0.249 e. The summed E-state index contributed by atoms with van der Waals surface area (Å²) in [5.41, 5.74) is -0.539. The van der Waals surface area contributed by atoms with Gasteiger partial charge in [0.2, 0.25) is 5.72 Å². The van der Waals surface area contributed by atoms with Gasteiger partial charge < -0.3 is 5.11 Å². The zero-order chi connectivity index (χ0) is 8.54. The van der Waals surface area contributed by atoms with Crippen LogP contribution in [-0.2, 0) is 0 Å². The van der Waals surface area contributed by atoms with Crippen molar-refractivity contribution in [2.45, 2.75) is 12.6 Å². The average Bonchev–Trinajstić information content (AvgIpc) is 2.35. The van der Waals surface area contributed by atoms with Gasteiger partial charge in [0.15, 0.2) is 6.54 Å². The van der Waals surface area contributed by atoms with Gasteiger partial charge in [0.1, 0.15) is 0 Å². The predicted octanol–water partition coefficient (Wildman–Crippen LogP) is 0.897. The highest BCUT2D eigenvalue weighted by Crippen LogP contribution is 2.39. The van der Waals surface area contributed by atoms with Gasteiger partial charge in [-0.05, 0) is 12.2 Å². The summed E-state index contributed by atoms with van der Waals surface area (Å²) in [5, 5.41) is 9.68. The average molecular weight is 154 g/mol. The molecule has 1 rings (SSSR count). The minimum Gasteiger partial charge on any atom is -0.338 e. The molecule has 1 heterocycles. The molecule has 2 heteroatoms. The largest absolute Gasteiger partial charge is 0.338 e. The van der Waals surface area contributed by atoms with Gasteiger partial charge in [0.25, 0.3) is 0 Å². The Morgan fingerprint density at radius 1 is 1.45 bits per heavy atom. The van der Waals surface area contributed by atoms with Gasteiger partial charge in [0.05, 0.1) is 13.1 Å². The maximum Gasteiger partial charge on any atom is 0.249 e. The molecule has 1 saturated heterocycles. The van der Waals surface area contributed by atoms with Crippen LogP contribution in [0.3, 0.4) is 0 Å². The molecule has 1 aliphatic rings. The summed E-state index contributed by atoms with van der Waals surface area (Å²) < 4.78 is 0.708. The number of hydrogen-bond donors (Lipinski definition) is 1. The monoisotopic (exact) mass is 154 g/mol. The second kappa shape index (κ2) is 2.47. The Hall–Kier alpha value is -0.600. The third-order valence-electron chi connectivity index (χ3n) is 2.48. The molecule has 0 aromatic rings. The van der Waals surface area contributed by atoms with Crippen LogP contribution in [0, 0.1) is 0 Å². The molecule has 0 aromatic carbocycles. The topological polar surface area (TPSA) is 20.2 Å². The Labute approximate surface area is 68.0 Å². The summed E-state index contributed by atoms with van der Waals surface area (Å²) in [4.78, 5) is 0. The zero-order valence-corrected chi connectivity index (χ0v) is 7.08. The summed E-state index contributed by atoms with van der Waals surface area (Å²) in [7, 11) is 0. The van der Waals surface area contributed by atoms with Crippen molar-refractivity contribution in [3.8, 4) is 0 Å². The molecule has 0 aliphatic carbocycles. The molecule has 62 valence electrons. The molecule has 1 aliphatic heterocycles. The van der Waals surface area contributed by atoms with Gasteiger partial charge in [-0.1, -0.05) is 13.2 Å². The molecule has 0 spiro atoms. The fourth-order valence-electron chi connectivity index (χ4n) is 1.63. The fourth-order valence-corrected chi connectivity index (χ4v) is 1.63. The lowest BCUT2D eigenvalue weighted by Crippen LogP contribution is -2.34. The van der Waals surface area contributed by atoms with Crippen molar-refractivity contribution >= 4 is 0 Å². The van der Waals surface area contributed by atoms with Gasteiger partial charge in [-0.3, -0.25) is 4.48 Å². The van der Waals surface area contributed by atoms with E-state index in [1.807, 2.05) is 19.1 Å². The highest BCUT2D eigenvalue weighted by Gasteiger charge is 2.64. The Morgan fingerprint density at radius 2 is 1.82 bits per heavy atom. The van der Waals surface area contributed by atoms with E-state index in [0.717, 1.165) is 19.6 Å². The molecular formula is C9H16NO+. The van der Waals surface area contributed by atoms with Crippen molar-refractivity contribution < 1.29 is 9.59 Å². The van der Waals surface area contributed by atoms with E-state index in [0.29, 0.717) is 4.48 Å². The molecule has 0 bridgehead atoms. The lowest BCUT2D eigenvalue weighted by Gasteiger charge is -2.18. The summed E-state index contributed by atoms with van der Waals surface area (Å²) >= 11 is 0. The van der Waals surface area contributed by atoms with Gasteiger partial charge in [-0.2, -0.15) is 0 Å². The minimum absolute atomic E-state index is 0.539. The number of nitrogens with zero attached hydrogens (tertiary/aromatic N) is 1. The normalized spacial score (nSPS) is 32.9. The Morgan fingerprint density at radius 3 is 2.00 bits per heavy atom. The molecular weight excluding hydrogens is 138 g/mol. The summed E-state index contributed by atoms with van der Waals surface area (Å²) in [5.74, 6) is 0. The van der Waals surface area contributed by atoms with Gasteiger partial charge >= 0.3 is 0 Å². The van der Waals surface area contributed by atoms with Crippen molar-refractivity contribution in [1.29, 1.82) is 0 Å². The first kappa shape index (κ1) is 8.50. The molecule has 1 unspecified atom stereocenters. The van der Waals surface area contributed by atoms with Crippen LogP contribution in [0.15, 0.2) is 25.3 Å². The van der Waals surface area contributed by atoms with E-state index >= 15 is 0 Å². The molecule has 11 heavy (non-hydrogen) atoms.